The van der Waals surface area contributed by atoms with Crippen molar-refractivity contribution in [3.63, 3.8) is 0 Å². The molecule has 0 atom stereocenters. The first-order chi connectivity index (χ1) is 13.5. The number of nitrogens with one attached hydrogen (secondary N) is 2. The molecule has 0 aliphatic rings. The predicted molar refractivity (Wildman–Crippen MR) is 110 cm³/mol. The minimum absolute atomic E-state index is 0.202. The van der Waals surface area contributed by atoms with Crippen molar-refractivity contribution in [2.24, 2.45) is 0 Å². The topological polar surface area (TPSA) is 88.9 Å². The number of aryl methyl sites for hydroxylation is 1. The van der Waals surface area contributed by atoms with Crippen LogP contribution < -0.4 is 10.6 Å². The number of aromatic nitrogens is 3. The van der Waals surface area contributed by atoms with E-state index in [0.717, 1.165) is 20.9 Å². The van der Waals surface area contributed by atoms with Gasteiger partial charge in [0.15, 0.2) is 5.69 Å². The lowest BCUT2D eigenvalue weighted by atomic mass is 10.3. The van der Waals surface area contributed by atoms with E-state index in [-0.39, 0.29) is 17.5 Å². The molecule has 140 valence electrons. The van der Waals surface area contributed by atoms with Gasteiger partial charge in [-0.05, 0) is 37.3 Å². The largest absolute Gasteiger partial charge is 0.321 e. The molecule has 0 saturated carbocycles. The fourth-order valence-corrected chi connectivity index (χ4v) is 3.71. The number of hydrogen-bond acceptors (Lipinski definition) is 5. The fourth-order valence-electron chi connectivity index (χ4n) is 2.84. The molecule has 0 fully saturated rings. The van der Waals surface area contributed by atoms with Gasteiger partial charge in [0.25, 0.3) is 5.91 Å². The molecular weight excluding hydrogens is 374 g/mol. The van der Waals surface area contributed by atoms with E-state index in [1.807, 2.05) is 55.5 Å². The van der Waals surface area contributed by atoms with Gasteiger partial charge in [0, 0.05) is 18.7 Å². The first-order valence-electron chi connectivity index (χ1n) is 8.61. The SMILES string of the molecule is CC(=O)Nc1cc(C(=O)Nc2ccc3nc(C)sc3c2)nn1-c1ccccc1. The maximum atomic E-state index is 12.7. The standard InChI is InChI=1S/C20H17N5O2S/c1-12(26)21-19-11-17(24-25(19)15-6-4-3-5-7-15)20(27)23-14-8-9-16-18(10-14)28-13(2)22-16/h3-11H,1-2H3,(H,21,26)(H,23,27). The average molecular weight is 391 g/mol. The van der Waals surface area contributed by atoms with Crippen molar-refractivity contribution >= 4 is 44.9 Å². The first kappa shape index (κ1) is 17.9. The van der Waals surface area contributed by atoms with Crippen LogP contribution in [0.25, 0.3) is 15.9 Å². The Morgan fingerprint density at radius 1 is 1.04 bits per heavy atom. The second kappa shape index (κ2) is 7.24. The molecule has 28 heavy (non-hydrogen) atoms. The maximum absolute atomic E-state index is 12.7. The molecule has 2 aromatic heterocycles. The maximum Gasteiger partial charge on any atom is 0.276 e. The van der Waals surface area contributed by atoms with Crippen LogP contribution in [0.5, 0.6) is 0 Å². The third-order valence-corrected chi connectivity index (χ3v) is 4.93. The lowest BCUT2D eigenvalue weighted by Gasteiger charge is -2.06. The second-order valence-corrected chi connectivity index (χ2v) is 7.45. The number of carbonyl (C=O) groups is 2. The summed E-state index contributed by atoms with van der Waals surface area (Å²) in [4.78, 5) is 28.7. The molecule has 4 aromatic rings. The summed E-state index contributed by atoms with van der Waals surface area (Å²) in [5.74, 6) is -0.172. The minimum Gasteiger partial charge on any atom is -0.321 e. The summed E-state index contributed by atoms with van der Waals surface area (Å²) in [7, 11) is 0. The second-order valence-electron chi connectivity index (χ2n) is 6.21. The molecule has 2 N–H and O–H groups in total. The highest BCUT2D eigenvalue weighted by molar-refractivity contribution is 7.18. The van der Waals surface area contributed by atoms with Gasteiger partial charge in [0.2, 0.25) is 5.91 Å². The number of benzene rings is 2. The van der Waals surface area contributed by atoms with Crippen molar-refractivity contribution in [1.29, 1.82) is 0 Å². The zero-order valence-corrected chi connectivity index (χ0v) is 16.1. The molecule has 0 aliphatic carbocycles. The number of nitrogens with zero attached hydrogens (tertiary/aromatic N) is 3. The fraction of sp³-hybridized carbons (Fsp3) is 0.100. The smallest absolute Gasteiger partial charge is 0.276 e. The summed E-state index contributed by atoms with van der Waals surface area (Å²) in [6, 6.07) is 16.4. The van der Waals surface area contributed by atoms with Gasteiger partial charge in [-0.3, -0.25) is 9.59 Å². The summed E-state index contributed by atoms with van der Waals surface area (Å²) >= 11 is 1.57. The van der Waals surface area contributed by atoms with Gasteiger partial charge < -0.3 is 10.6 Å². The molecule has 0 saturated heterocycles. The zero-order valence-electron chi connectivity index (χ0n) is 15.3. The van der Waals surface area contributed by atoms with E-state index in [1.54, 1.807) is 17.4 Å². The Balaban J connectivity index is 1.64. The number of anilines is 2. The quantitative estimate of drug-likeness (QED) is 0.550. The molecule has 7 nitrogen and oxygen atoms in total. The van der Waals surface area contributed by atoms with Crippen LogP contribution in [0, 0.1) is 6.92 Å². The van der Waals surface area contributed by atoms with Gasteiger partial charge in [0.05, 0.1) is 20.9 Å². The van der Waals surface area contributed by atoms with Crippen molar-refractivity contribution in [2.45, 2.75) is 13.8 Å². The highest BCUT2D eigenvalue weighted by atomic mass is 32.1. The van der Waals surface area contributed by atoms with E-state index in [4.69, 9.17) is 0 Å². The number of amides is 2. The van der Waals surface area contributed by atoms with Crippen molar-refractivity contribution in [3.8, 4) is 5.69 Å². The number of rotatable bonds is 4. The van der Waals surface area contributed by atoms with Crippen molar-refractivity contribution < 1.29 is 9.59 Å². The predicted octanol–water partition coefficient (Wildman–Crippen LogP) is 4.00. The molecule has 8 heteroatoms. The molecule has 0 spiro atoms. The highest BCUT2D eigenvalue weighted by Crippen LogP contribution is 2.25. The average Bonchev–Trinajstić information content (AvgIpc) is 3.24. The number of fused-ring (bicyclic) bond motifs is 1. The van der Waals surface area contributed by atoms with Crippen LogP contribution in [-0.2, 0) is 4.79 Å². The van der Waals surface area contributed by atoms with Gasteiger partial charge >= 0.3 is 0 Å². The van der Waals surface area contributed by atoms with E-state index >= 15 is 0 Å². The Kier molecular flexibility index (Phi) is 4.62. The van der Waals surface area contributed by atoms with Crippen molar-refractivity contribution in [3.05, 3.63) is 65.3 Å². The number of thiazole rings is 1. The van der Waals surface area contributed by atoms with E-state index in [9.17, 15) is 9.59 Å². The van der Waals surface area contributed by atoms with Crippen LogP contribution in [-0.4, -0.2) is 26.6 Å². The monoisotopic (exact) mass is 391 g/mol. The molecule has 2 heterocycles. The van der Waals surface area contributed by atoms with Crippen molar-refractivity contribution in [1.82, 2.24) is 14.8 Å². The van der Waals surface area contributed by atoms with Gasteiger partial charge in [0.1, 0.15) is 5.82 Å². The van der Waals surface area contributed by atoms with Gasteiger partial charge in [-0.15, -0.1) is 11.3 Å². The Hall–Kier alpha value is -3.52. The molecule has 2 amide bonds. The Morgan fingerprint density at radius 2 is 1.82 bits per heavy atom. The van der Waals surface area contributed by atoms with Crippen LogP contribution in [0.15, 0.2) is 54.6 Å². The third kappa shape index (κ3) is 3.63. The molecule has 2 aromatic carbocycles. The number of hydrogen-bond donors (Lipinski definition) is 2. The third-order valence-electron chi connectivity index (χ3n) is 4.00. The Bertz CT molecular complexity index is 1180. The van der Waals surface area contributed by atoms with Gasteiger partial charge in [-0.2, -0.15) is 5.10 Å². The van der Waals surface area contributed by atoms with E-state index in [2.05, 4.69) is 20.7 Å². The van der Waals surface area contributed by atoms with Crippen LogP contribution >= 0.6 is 11.3 Å². The lowest BCUT2D eigenvalue weighted by molar-refractivity contribution is -0.114. The molecule has 0 unspecified atom stereocenters. The van der Waals surface area contributed by atoms with Crippen molar-refractivity contribution in [2.75, 3.05) is 10.6 Å². The summed E-state index contributed by atoms with van der Waals surface area (Å²) < 4.78 is 2.54. The molecule has 0 aliphatic heterocycles. The van der Waals surface area contributed by atoms with Crippen LogP contribution in [0.3, 0.4) is 0 Å². The highest BCUT2D eigenvalue weighted by Gasteiger charge is 2.17. The van der Waals surface area contributed by atoms with E-state index in [0.29, 0.717) is 11.5 Å². The minimum atomic E-state index is -0.359. The Morgan fingerprint density at radius 3 is 2.57 bits per heavy atom. The lowest BCUT2D eigenvalue weighted by Crippen LogP contribution is -2.13. The molecule has 0 radical (unpaired) electrons. The summed E-state index contributed by atoms with van der Waals surface area (Å²) in [6.07, 6.45) is 0. The zero-order chi connectivity index (χ0) is 19.7. The first-order valence-corrected chi connectivity index (χ1v) is 9.43. The summed E-state index contributed by atoms with van der Waals surface area (Å²) in [5, 5.41) is 10.9. The Labute approximate surface area is 165 Å². The molecule has 4 rings (SSSR count). The van der Waals surface area contributed by atoms with Crippen LogP contribution in [0.2, 0.25) is 0 Å². The van der Waals surface area contributed by atoms with Crippen LogP contribution in [0.4, 0.5) is 11.5 Å². The molecule has 0 bridgehead atoms. The van der Waals surface area contributed by atoms with E-state index in [1.165, 1.54) is 11.6 Å². The van der Waals surface area contributed by atoms with Gasteiger partial charge in [-0.25, -0.2) is 9.67 Å². The number of carbonyl (C=O) groups excluding carboxylic acids is 2. The van der Waals surface area contributed by atoms with E-state index < -0.39 is 0 Å². The molecular formula is C20H17N5O2S. The normalized spacial score (nSPS) is 10.8. The van der Waals surface area contributed by atoms with Crippen LogP contribution in [0.1, 0.15) is 22.4 Å². The summed E-state index contributed by atoms with van der Waals surface area (Å²) in [6.45, 7) is 3.36. The number of para-hydroxylation sites is 1. The van der Waals surface area contributed by atoms with Gasteiger partial charge in [-0.1, -0.05) is 18.2 Å². The summed E-state index contributed by atoms with van der Waals surface area (Å²) in [5.41, 5.74) is 2.51.